The Bertz CT molecular complexity index is 3430. The van der Waals surface area contributed by atoms with Crippen molar-refractivity contribution >= 4 is 109 Å². The first-order chi connectivity index (χ1) is 36.6. The van der Waals surface area contributed by atoms with Crippen LogP contribution in [0.25, 0.3) is 49.1 Å². The van der Waals surface area contributed by atoms with Crippen molar-refractivity contribution in [1.29, 1.82) is 0 Å². The molecule has 1 aliphatic heterocycles. The van der Waals surface area contributed by atoms with Gasteiger partial charge in [-0.25, -0.2) is 34.9 Å². The average molecular weight is 1160 g/mol. The molecule has 6 atom stereocenters. The van der Waals surface area contributed by atoms with Crippen LogP contribution in [0.15, 0.2) is 62.3 Å². The lowest BCUT2D eigenvalue weighted by Crippen LogP contribution is -2.52. The number of hydrogen-bond donors (Lipinski definition) is 10. The lowest BCUT2D eigenvalue weighted by Gasteiger charge is -2.28. The van der Waals surface area contributed by atoms with Crippen molar-refractivity contribution in [3.8, 4) is 43.4 Å². The first-order valence-corrected chi connectivity index (χ1v) is 28.6. The van der Waals surface area contributed by atoms with Crippen LogP contribution < -0.4 is 31.9 Å². The molecule has 8 heterocycles. The number of aliphatic hydroxyl groups excluding tert-OH is 3. The summed E-state index contributed by atoms with van der Waals surface area (Å²) in [7, 11) is 0. The summed E-state index contributed by atoms with van der Waals surface area (Å²) in [4.78, 5) is 114. The number of allylic oxidation sites excluding steroid dienone is 2. The molecule has 77 heavy (non-hydrogen) atoms. The predicted molar refractivity (Wildman–Crippen MR) is 292 cm³/mol. The Labute approximate surface area is 462 Å². The third kappa shape index (κ3) is 12.9. The number of nitrogens with zero attached hydrogens (tertiary/aromatic N) is 7. The zero-order chi connectivity index (χ0) is 55.5. The maximum Gasteiger partial charge on any atom is 0.275 e. The molecule has 0 radical (unpaired) electrons. The van der Waals surface area contributed by atoms with Crippen LogP contribution in [0.1, 0.15) is 118 Å². The second kappa shape index (κ2) is 23.8. The van der Waals surface area contributed by atoms with E-state index in [0.717, 1.165) is 56.7 Å². The molecule has 0 spiro atoms. The number of fused-ring (bicyclic) bond motifs is 11. The van der Waals surface area contributed by atoms with Gasteiger partial charge in [0.05, 0.1) is 35.3 Å². The van der Waals surface area contributed by atoms with Crippen LogP contribution in [-0.4, -0.2) is 127 Å². The third-order valence-electron chi connectivity index (χ3n) is 11.2. The van der Waals surface area contributed by atoms with E-state index >= 15 is 0 Å². The van der Waals surface area contributed by atoms with E-state index in [2.05, 4.69) is 51.8 Å². The van der Waals surface area contributed by atoms with Crippen molar-refractivity contribution in [1.82, 2.24) is 66.8 Å². The monoisotopic (exact) mass is 1160 g/mol. The first-order valence-electron chi connectivity index (χ1n) is 23.3. The highest BCUT2D eigenvalue weighted by atomic mass is 32.1. The molecule has 6 amide bonds. The minimum absolute atomic E-state index is 0.00724. The molecule has 8 rings (SSSR count). The minimum Gasteiger partial charge on any atom is -0.392 e. The van der Waals surface area contributed by atoms with Gasteiger partial charge in [0.1, 0.15) is 93.7 Å². The first kappa shape index (κ1) is 56.3. The maximum atomic E-state index is 13.9. The standard InChI is InChI=1S/C48H49N13O10S6/c1-8-23(36(65)49-12-19(3)62)51-37(66)27-15-74-45(56-27)31-18-75-44(58-31)25-11-10-22-34(50-25)26-13-76-46(53-26)33(21(5)64)60-39(68)29-17-77-47(57-29)35(48(6,7)71)61-40(69)30-16-73-43(55-30)24(9-2)52-41(70)32(20(4)63)59-38(67)28-14-72-42(22)54-28/h8-11,13-21,32-33,35,62-64,71H,12H2,1-7H3,(H,49,65)(H,51,66)(H,52,70)(H,59,67)(H,60,68)(H,61,69)/b23-8-,24-9-/t19-,20-,21-,32+,33+,35-/m1/s1. The van der Waals surface area contributed by atoms with Gasteiger partial charge in [0.2, 0.25) is 5.91 Å². The summed E-state index contributed by atoms with van der Waals surface area (Å²) >= 11 is 6.67. The number of thiazole rings is 6. The maximum absolute atomic E-state index is 13.9. The number of hydrogen-bond acceptors (Lipinski definition) is 23. The van der Waals surface area contributed by atoms with E-state index in [1.54, 1.807) is 36.7 Å². The summed E-state index contributed by atoms with van der Waals surface area (Å²) in [6.45, 7) is 10.5. The van der Waals surface area contributed by atoms with E-state index in [4.69, 9.17) is 15.0 Å². The van der Waals surface area contributed by atoms with E-state index in [1.165, 1.54) is 79.6 Å². The predicted octanol–water partition coefficient (Wildman–Crippen LogP) is 4.68. The van der Waals surface area contributed by atoms with Crippen LogP contribution in [0.2, 0.25) is 0 Å². The summed E-state index contributed by atoms with van der Waals surface area (Å²) in [5, 5.41) is 69.9. The molecule has 8 bridgehead atoms. The number of aliphatic hydroxyl groups is 4. The fourth-order valence-corrected chi connectivity index (χ4v) is 12.4. The minimum atomic E-state index is -1.59. The summed E-state index contributed by atoms with van der Waals surface area (Å²) < 4.78 is 0. The highest BCUT2D eigenvalue weighted by Crippen LogP contribution is 2.38. The molecule has 23 nitrogen and oxygen atoms in total. The van der Waals surface area contributed by atoms with Gasteiger partial charge in [-0.05, 0) is 60.6 Å². The number of aromatic nitrogens is 7. The van der Waals surface area contributed by atoms with Crippen molar-refractivity contribution in [2.75, 3.05) is 6.54 Å². The van der Waals surface area contributed by atoms with Crippen LogP contribution in [0.4, 0.5) is 0 Å². The molecule has 7 aromatic heterocycles. The largest absolute Gasteiger partial charge is 0.392 e. The lowest BCUT2D eigenvalue weighted by molar-refractivity contribution is -0.124. The van der Waals surface area contributed by atoms with Gasteiger partial charge in [-0.3, -0.25) is 28.8 Å². The topological polar surface area (TPSA) is 346 Å². The van der Waals surface area contributed by atoms with Crippen LogP contribution in [0.5, 0.6) is 0 Å². The number of amides is 6. The van der Waals surface area contributed by atoms with Gasteiger partial charge in [0, 0.05) is 44.4 Å². The Kier molecular flexibility index (Phi) is 17.4. The van der Waals surface area contributed by atoms with Crippen LogP contribution >= 0.6 is 68.0 Å². The van der Waals surface area contributed by atoms with Gasteiger partial charge in [-0.1, -0.05) is 12.2 Å². The zero-order valence-electron chi connectivity index (χ0n) is 41.8. The van der Waals surface area contributed by atoms with E-state index < -0.39 is 77.5 Å². The van der Waals surface area contributed by atoms with Gasteiger partial charge >= 0.3 is 0 Å². The summed E-state index contributed by atoms with van der Waals surface area (Å²) in [5.41, 5.74) is 0.232. The molecule has 0 saturated heterocycles. The van der Waals surface area contributed by atoms with E-state index in [-0.39, 0.29) is 61.4 Å². The number of nitrogens with one attached hydrogen (secondary N) is 6. The van der Waals surface area contributed by atoms with Gasteiger partial charge in [-0.15, -0.1) is 68.0 Å². The molecular formula is C48H49N13O10S6. The van der Waals surface area contributed by atoms with Crippen molar-refractivity contribution in [2.45, 2.75) is 90.5 Å². The Morgan fingerprint density at radius 1 is 0.649 bits per heavy atom. The molecule has 0 fully saturated rings. The quantitative estimate of drug-likeness (QED) is 0.0831. The number of rotatable bonds is 10. The normalized spacial score (nSPS) is 18.6. The molecule has 1 aliphatic rings. The summed E-state index contributed by atoms with van der Waals surface area (Å²) in [6.07, 6.45) is -0.384. The van der Waals surface area contributed by atoms with E-state index in [1.807, 2.05) is 0 Å². The van der Waals surface area contributed by atoms with Crippen molar-refractivity contribution in [3.05, 3.63) is 100 Å². The highest BCUT2D eigenvalue weighted by molar-refractivity contribution is 7.15. The highest BCUT2D eigenvalue weighted by Gasteiger charge is 2.35. The molecule has 10 N–H and O–H groups in total. The van der Waals surface area contributed by atoms with Crippen LogP contribution in [0.3, 0.4) is 0 Å². The zero-order valence-corrected chi connectivity index (χ0v) is 46.7. The number of carbonyl (C=O) groups is 6. The van der Waals surface area contributed by atoms with Crippen molar-refractivity contribution in [3.63, 3.8) is 0 Å². The Morgan fingerprint density at radius 2 is 1.19 bits per heavy atom. The molecule has 0 aliphatic carbocycles. The fourth-order valence-electron chi connectivity index (χ4n) is 7.21. The SMILES string of the molecule is C/C=C(\NC(=O)c1csc(-c2csc(-c3ccc4c(n3)-c3csc(n3)[C@H]([C@@H](C)O)NC(=O)c3csc(n3)[C@H](C(C)(C)O)NC(=O)c3csc(n3)/C(=C/C)NC(=O)[C@H]([C@@H](C)O)NC(=O)c3csc-4n3)n2)n1)C(=O)NC[C@@H](C)O. The Hall–Kier alpha value is -6.93. The smallest absolute Gasteiger partial charge is 0.275 e. The van der Waals surface area contributed by atoms with Gasteiger partial charge in [0.25, 0.3) is 29.5 Å². The van der Waals surface area contributed by atoms with E-state index in [9.17, 15) is 49.2 Å². The van der Waals surface area contributed by atoms with Crippen LogP contribution in [-0.2, 0) is 9.59 Å². The third-order valence-corrected chi connectivity index (χ3v) is 16.5. The van der Waals surface area contributed by atoms with Crippen molar-refractivity contribution < 1.29 is 49.2 Å². The second-order valence-electron chi connectivity index (χ2n) is 17.7. The van der Waals surface area contributed by atoms with E-state index in [0.29, 0.717) is 37.7 Å². The fraction of sp³-hybridized carbons (Fsp3) is 0.312. The average Bonchev–Trinajstić information content (AvgIpc) is 4.26. The lowest BCUT2D eigenvalue weighted by atomic mass is 9.99. The molecule has 29 heteroatoms. The van der Waals surface area contributed by atoms with Crippen molar-refractivity contribution in [2.24, 2.45) is 0 Å². The number of carbonyl (C=O) groups excluding carboxylic acids is 6. The summed E-state index contributed by atoms with van der Waals surface area (Å²) in [5.74, 6) is -4.15. The van der Waals surface area contributed by atoms with Gasteiger partial charge < -0.3 is 52.3 Å². The molecule has 7 aromatic rings. The molecule has 0 aromatic carbocycles. The molecular weight excluding hydrogens is 1110 g/mol. The van der Waals surface area contributed by atoms with Gasteiger partial charge in [-0.2, -0.15) is 0 Å². The Morgan fingerprint density at radius 3 is 1.86 bits per heavy atom. The second-order valence-corrected chi connectivity index (χ2v) is 22.9. The molecule has 0 unspecified atom stereocenters. The number of pyridine rings is 1. The molecule has 0 saturated carbocycles. The summed E-state index contributed by atoms with van der Waals surface area (Å²) in [6, 6.07) is -0.252. The van der Waals surface area contributed by atoms with Crippen LogP contribution in [0, 0.1) is 0 Å². The Balaban J connectivity index is 1.15. The van der Waals surface area contributed by atoms with Gasteiger partial charge in [0.15, 0.2) is 0 Å². The molecule has 402 valence electrons.